The van der Waals surface area contributed by atoms with Gasteiger partial charge in [-0.05, 0) is 77.4 Å². The third kappa shape index (κ3) is 7.62. The van der Waals surface area contributed by atoms with Gasteiger partial charge in [-0.2, -0.15) is 13.2 Å². The molecule has 6 nitrogen and oxygen atoms in total. The monoisotopic (exact) mass is 619 g/mol. The highest BCUT2D eigenvalue weighted by atomic mass is 32.2. The second-order valence-electron chi connectivity index (χ2n) is 10.8. The molecule has 1 aliphatic rings. The van der Waals surface area contributed by atoms with Gasteiger partial charge in [0.2, 0.25) is 15.9 Å². The SMILES string of the molecule is C=C(Cc1ccccn1)c1ccc2c(c1)CCC[C@H]2NC(=O)C[C@@H](NS(=O)(=O)c1cccc(C(F)(F)F)c1)c1ccccc1. The summed E-state index contributed by atoms with van der Waals surface area (Å²) in [4.78, 5) is 17.2. The van der Waals surface area contributed by atoms with Crippen LogP contribution in [0.5, 0.6) is 0 Å². The molecule has 1 aromatic heterocycles. The molecular weight excluding hydrogens is 587 g/mol. The molecule has 0 radical (unpaired) electrons. The number of sulfonamides is 1. The van der Waals surface area contributed by atoms with E-state index in [1.165, 1.54) is 0 Å². The molecule has 10 heteroatoms. The average molecular weight is 620 g/mol. The Morgan fingerprint density at radius 3 is 2.48 bits per heavy atom. The maximum atomic E-state index is 13.4. The van der Waals surface area contributed by atoms with Crippen molar-refractivity contribution in [2.75, 3.05) is 0 Å². The highest BCUT2D eigenvalue weighted by Crippen LogP contribution is 2.33. The number of alkyl halides is 3. The van der Waals surface area contributed by atoms with Gasteiger partial charge < -0.3 is 5.32 Å². The van der Waals surface area contributed by atoms with E-state index < -0.39 is 32.7 Å². The van der Waals surface area contributed by atoms with Crippen molar-refractivity contribution in [3.63, 3.8) is 0 Å². The van der Waals surface area contributed by atoms with Gasteiger partial charge in [-0.15, -0.1) is 0 Å². The topological polar surface area (TPSA) is 88.2 Å². The fraction of sp³-hybridized carbons (Fsp3) is 0.235. The van der Waals surface area contributed by atoms with Gasteiger partial charge in [0, 0.05) is 24.7 Å². The lowest BCUT2D eigenvalue weighted by Crippen LogP contribution is -2.36. The number of allylic oxidation sites excluding steroid dienone is 1. The zero-order valence-corrected chi connectivity index (χ0v) is 24.7. The van der Waals surface area contributed by atoms with Gasteiger partial charge in [0.15, 0.2) is 0 Å². The van der Waals surface area contributed by atoms with Gasteiger partial charge in [0.05, 0.1) is 22.5 Å². The van der Waals surface area contributed by atoms with Crippen LogP contribution in [0.4, 0.5) is 13.2 Å². The Hall–Kier alpha value is -4.28. The van der Waals surface area contributed by atoms with Gasteiger partial charge in [0.25, 0.3) is 0 Å². The molecule has 1 heterocycles. The predicted molar refractivity (Wildman–Crippen MR) is 163 cm³/mol. The van der Waals surface area contributed by atoms with Crippen LogP contribution in [0.3, 0.4) is 0 Å². The van der Waals surface area contributed by atoms with Gasteiger partial charge in [0.1, 0.15) is 0 Å². The number of nitrogens with zero attached hydrogens (tertiary/aromatic N) is 1. The highest BCUT2D eigenvalue weighted by molar-refractivity contribution is 7.89. The third-order valence-electron chi connectivity index (χ3n) is 7.68. The van der Waals surface area contributed by atoms with E-state index in [4.69, 9.17) is 0 Å². The van der Waals surface area contributed by atoms with Crippen LogP contribution >= 0.6 is 0 Å². The summed E-state index contributed by atoms with van der Waals surface area (Å²) in [6, 6.07) is 22.6. The van der Waals surface area contributed by atoms with Crippen molar-refractivity contribution < 1.29 is 26.4 Å². The van der Waals surface area contributed by atoms with E-state index in [0.29, 0.717) is 18.1 Å². The molecule has 0 fully saturated rings. The van der Waals surface area contributed by atoms with Crippen LogP contribution in [-0.2, 0) is 33.8 Å². The Balaban J connectivity index is 1.31. The van der Waals surface area contributed by atoms with Crippen molar-refractivity contribution in [1.29, 1.82) is 0 Å². The fourth-order valence-corrected chi connectivity index (χ4v) is 6.72. The Morgan fingerprint density at radius 2 is 1.75 bits per heavy atom. The van der Waals surface area contributed by atoms with Crippen molar-refractivity contribution in [2.45, 2.75) is 55.3 Å². The Kier molecular flexibility index (Phi) is 9.31. The number of nitrogens with one attached hydrogen (secondary N) is 2. The summed E-state index contributed by atoms with van der Waals surface area (Å²) in [6.45, 7) is 4.24. The Morgan fingerprint density at radius 1 is 0.977 bits per heavy atom. The molecule has 5 rings (SSSR count). The van der Waals surface area contributed by atoms with E-state index in [0.717, 1.165) is 65.4 Å². The second kappa shape index (κ2) is 13.2. The molecule has 0 saturated heterocycles. The molecule has 1 amide bonds. The first-order valence-electron chi connectivity index (χ1n) is 14.2. The highest BCUT2D eigenvalue weighted by Gasteiger charge is 2.33. The Bertz CT molecular complexity index is 1740. The smallest absolute Gasteiger partial charge is 0.349 e. The number of hydrogen-bond acceptors (Lipinski definition) is 4. The molecule has 0 saturated carbocycles. The van der Waals surface area contributed by atoms with E-state index in [-0.39, 0.29) is 18.4 Å². The molecule has 1 aliphatic carbocycles. The number of fused-ring (bicyclic) bond motifs is 1. The zero-order valence-electron chi connectivity index (χ0n) is 23.8. The molecule has 4 aromatic rings. The summed E-state index contributed by atoms with van der Waals surface area (Å²) in [7, 11) is -4.40. The molecule has 44 heavy (non-hydrogen) atoms. The lowest BCUT2D eigenvalue weighted by molar-refractivity contribution is -0.137. The normalized spacial score (nSPS) is 15.7. The number of halogens is 3. The lowest BCUT2D eigenvalue weighted by Gasteiger charge is -2.28. The van der Waals surface area contributed by atoms with Gasteiger partial charge >= 0.3 is 6.18 Å². The van der Waals surface area contributed by atoms with E-state index in [1.807, 2.05) is 30.3 Å². The fourth-order valence-electron chi connectivity index (χ4n) is 5.45. The van der Waals surface area contributed by atoms with Crippen LogP contribution in [0.25, 0.3) is 5.57 Å². The maximum Gasteiger partial charge on any atom is 0.416 e. The standard InChI is InChI=1S/C34H32F3N3O3S/c1-23(19-28-13-5-6-18-38-28)25-16-17-30-26(20-25)11-7-15-31(30)39-33(41)22-32(24-9-3-2-4-10-24)40-44(42,43)29-14-8-12-27(21-29)34(35,36)37/h2-6,8-10,12-14,16-18,20-21,31-32,40H,1,7,11,15,19,22H2,(H,39,41)/t31-,32-/m1/s1. The number of carbonyl (C=O) groups excluding carboxylic acids is 1. The number of aromatic nitrogens is 1. The lowest BCUT2D eigenvalue weighted by atomic mass is 9.85. The number of carbonyl (C=O) groups is 1. The summed E-state index contributed by atoms with van der Waals surface area (Å²) in [6.07, 6.45) is -0.133. The number of pyridine rings is 1. The van der Waals surface area contributed by atoms with Crippen molar-refractivity contribution in [2.24, 2.45) is 0 Å². The first kappa shape index (κ1) is 31.2. The van der Waals surface area contributed by atoms with E-state index in [2.05, 4.69) is 27.7 Å². The molecule has 3 aromatic carbocycles. The van der Waals surface area contributed by atoms with Gasteiger partial charge in [-0.1, -0.05) is 67.2 Å². The van der Waals surface area contributed by atoms with Gasteiger partial charge in [-0.3, -0.25) is 9.78 Å². The molecule has 228 valence electrons. The first-order valence-corrected chi connectivity index (χ1v) is 15.7. The minimum Gasteiger partial charge on any atom is -0.349 e. The van der Waals surface area contributed by atoms with Crippen LogP contribution < -0.4 is 10.0 Å². The van der Waals surface area contributed by atoms with E-state index in [9.17, 15) is 26.4 Å². The van der Waals surface area contributed by atoms with Crippen molar-refractivity contribution in [1.82, 2.24) is 15.0 Å². The van der Waals surface area contributed by atoms with Crippen molar-refractivity contribution >= 4 is 21.5 Å². The molecule has 2 N–H and O–H groups in total. The summed E-state index contributed by atoms with van der Waals surface area (Å²) >= 11 is 0. The largest absolute Gasteiger partial charge is 0.416 e. The van der Waals surface area contributed by atoms with E-state index in [1.54, 1.807) is 36.5 Å². The van der Waals surface area contributed by atoms with Crippen molar-refractivity contribution in [3.8, 4) is 0 Å². The van der Waals surface area contributed by atoms with Crippen LogP contribution in [-0.4, -0.2) is 19.3 Å². The number of hydrogen-bond donors (Lipinski definition) is 2. The summed E-state index contributed by atoms with van der Waals surface area (Å²) < 4.78 is 68.7. The summed E-state index contributed by atoms with van der Waals surface area (Å²) in [5.41, 5.74) is 4.43. The quantitative estimate of drug-likeness (QED) is 0.201. The number of amides is 1. The minimum absolute atomic E-state index is 0.243. The number of benzene rings is 3. The van der Waals surface area contributed by atoms with Crippen LogP contribution in [0.2, 0.25) is 0 Å². The van der Waals surface area contributed by atoms with Crippen LogP contribution in [0.15, 0.2) is 109 Å². The Labute approximate surface area is 255 Å². The minimum atomic E-state index is -4.70. The molecule has 0 aliphatic heterocycles. The molecular formula is C34H32F3N3O3S. The maximum absolute atomic E-state index is 13.4. The van der Waals surface area contributed by atoms with E-state index >= 15 is 0 Å². The summed E-state index contributed by atoms with van der Waals surface area (Å²) in [5, 5.41) is 3.06. The van der Waals surface area contributed by atoms with Crippen LogP contribution in [0.1, 0.15) is 64.9 Å². The zero-order chi connectivity index (χ0) is 31.3. The van der Waals surface area contributed by atoms with Gasteiger partial charge in [-0.25, -0.2) is 13.1 Å². The molecule has 2 atom stereocenters. The first-order chi connectivity index (χ1) is 21.0. The third-order valence-corrected chi connectivity index (χ3v) is 9.15. The molecule has 0 spiro atoms. The average Bonchev–Trinajstić information content (AvgIpc) is 3.01. The summed E-state index contributed by atoms with van der Waals surface area (Å²) in [5.74, 6) is -0.382. The molecule has 0 bridgehead atoms. The van der Waals surface area contributed by atoms with Crippen molar-refractivity contribution in [3.05, 3.63) is 137 Å². The second-order valence-corrected chi connectivity index (χ2v) is 12.6. The predicted octanol–water partition coefficient (Wildman–Crippen LogP) is 6.96. The number of aryl methyl sites for hydroxylation is 1. The number of rotatable bonds is 10. The molecule has 0 unspecified atom stereocenters. The van der Waals surface area contributed by atoms with Crippen LogP contribution in [0, 0.1) is 0 Å².